The minimum absolute atomic E-state index is 0.0598. The van der Waals surface area contributed by atoms with Crippen LogP contribution in [0.2, 0.25) is 0 Å². The highest BCUT2D eigenvalue weighted by atomic mass is 16.5. The second-order valence-electron chi connectivity index (χ2n) is 8.10. The van der Waals surface area contributed by atoms with Gasteiger partial charge in [-0.3, -0.25) is 14.4 Å². The molecule has 6 nitrogen and oxygen atoms in total. The molecule has 0 bridgehead atoms. The number of hydrogen-bond acceptors (Lipinski definition) is 4. The molecule has 3 unspecified atom stereocenters. The van der Waals surface area contributed by atoms with E-state index in [4.69, 9.17) is 4.74 Å². The van der Waals surface area contributed by atoms with Crippen molar-refractivity contribution in [2.45, 2.75) is 51.1 Å². The number of carbonyl (C=O) groups excluding carboxylic acids is 3. The molecule has 3 rings (SSSR count). The van der Waals surface area contributed by atoms with Crippen molar-refractivity contribution in [2.24, 2.45) is 5.92 Å². The van der Waals surface area contributed by atoms with E-state index in [0.717, 1.165) is 24.8 Å². The SMILES string of the molecule is CC1CCCCC1NC(=O)COC(=O)CC(NC(=O)c1ccccc1)c1ccccc1. The van der Waals surface area contributed by atoms with Crippen LogP contribution in [0.1, 0.15) is 61.0 Å². The third-order valence-corrected chi connectivity index (χ3v) is 5.74. The minimum Gasteiger partial charge on any atom is -0.456 e. The summed E-state index contributed by atoms with van der Waals surface area (Å²) in [6, 6.07) is 17.7. The zero-order valence-electron chi connectivity index (χ0n) is 17.9. The van der Waals surface area contributed by atoms with Crippen molar-refractivity contribution in [3.8, 4) is 0 Å². The van der Waals surface area contributed by atoms with Crippen molar-refractivity contribution in [1.29, 1.82) is 0 Å². The first kappa shape index (κ1) is 22.5. The van der Waals surface area contributed by atoms with E-state index in [1.807, 2.05) is 36.4 Å². The van der Waals surface area contributed by atoms with Gasteiger partial charge in [0.1, 0.15) is 0 Å². The van der Waals surface area contributed by atoms with Gasteiger partial charge in [0.2, 0.25) is 0 Å². The van der Waals surface area contributed by atoms with E-state index in [1.54, 1.807) is 24.3 Å². The van der Waals surface area contributed by atoms with Crippen molar-refractivity contribution in [2.75, 3.05) is 6.61 Å². The molecule has 2 aromatic carbocycles. The van der Waals surface area contributed by atoms with Crippen molar-refractivity contribution in [3.05, 3.63) is 71.8 Å². The fraction of sp³-hybridized carbons (Fsp3) is 0.400. The lowest BCUT2D eigenvalue weighted by Gasteiger charge is -2.29. The first-order chi connectivity index (χ1) is 15.0. The Morgan fingerprint density at radius 1 is 0.968 bits per heavy atom. The molecule has 2 amide bonds. The van der Waals surface area contributed by atoms with E-state index in [0.29, 0.717) is 11.5 Å². The zero-order valence-corrected chi connectivity index (χ0v) is 17.9. The Morgan fingerprint density at radius 3 is 2.29 bits per heavy atom. The predicted molar refractivity (Wildman–Crippen MR) is 118 cm³/mol. The highest BCUT2D eigenvalue weighted by Gasteiger charge is 2.24. The van der Waals surface area contributed by atoms with Crippen molar-refractivity contribution >= 4 is 17.8 Å². The van der Waals surface area contributed by atoms with Gasteiger partial charge in [-0.2, -0.15) is 0 Å². The van der Waals surface area contributed by atoms with E-state index in [-0.39, 0.29) is 30.9 Å². The Labute approximate surface area is 183 Å². The van der Waals surface area contributed by atoms with E-state index in [2.05, 4.69) is 17.6 Å². The summed E-state index contributed by atoms with van der Waals surface area (Å²) < 4.78 is 5.22. The molecule has 1 fully saturated rings. The van der Waals surface area contributed by atoms with Gasteiger partial charge in [-0.05, 0) is 36.5 Å². The fourth-order valence-corrected chi connectivity index (χ4v) is 3.92. The summed E-state index contributed by atoms with van der Waals surface area (Å²) in [5.41, 5.74) is 1.31. The molecule has 0 aromatic heterocycles. The molecular weight excluding hydrogens is 392 g/mol. The quantitative estimate of drug-likeness (QED) is 0.634. The molecule has 0 aliphatic heterocycles. The average Bonchev–Trinajstić information content (AvgIpc) is 2.80. The summed E-state index contributed by atoms with van der Waals surface area (Å²) in [7, 11) is 0. The van der Waals surface area contributed by atoms with E-state index in [9.17, 15) is 14.4 Å². The average molecular weight is 423 g/mol. The van der Waals surface area contributed by atoms with Crippen LogP contribution in [0.3, 0.4) is 0 Å². The molecule has 0 saturated heterocycles. The third kappa shape index (κ3) is 6.95. The minimum atomic E-state index is -0.553. The van der Waals surface area contributed by atoms with Gasteiger partial charge < -0.3 is 15.4 Å². The summed E-state index contributed by atoms with van der Waals surface area (Å²) in [5, 5.41) is 5.88. The topological polar surface area (TPSA) is 84.5 Å². The molecule has 164 valence electrons. The van der Waals surface area contributed by atoms with Gasteiger partial charge in [-0.1, -0.05) is 68.3 Å². The van der Waals surface area contributed by atoms with E-state index < -0.39 is 12.0 Å². The molecule has 2 N–H and O–H groups in total. The lowest BCUT2D eigenvalue weighted by molar-refractivity contribution is -0.149. The van der Waals surface area contributed by atoms with Gasteiger partial charge in [-0.25, -0.2) is 0 Å². The van der Waals surface area contributed by atoms with Crippen LogP contribution < -0.4 is 10.6 Å². The van der Waals surface area contributed by atoms with Gasteiger partial charge in [0.15, 0.2) is 6.61 Å². The van der Waals surface area contributed by atoms with E-state index in [1.165, 1.54) is 6.42 Å². The largest absolute Gasteiger partial charge is 0.456 e. The maximum Gasteiger partial charge on any atom is 0.308 e. The molecule has 1 aliphatic carbocycles. The zero-order chi connectivity index (χ0) is 22.1. The first-order valence-electron chi connectivity index (χ1n) is 10.9. The third-order valence-electron chi connectivity index (χ3n) is 5.74. The molecule has 0 radical (unpaired) electrons. The van der Waals surface area contributed by atoms with Gasteiger partial charge in [0, 0.05) is 11.6 Å². The second-order valence-corrected chi connectivity index (χ2v) is 8.10. The van der Waals surface area contributed by atoms with Crippen LogP contribution in [0, 0.1) is 5.92 Å². The number of rotatable bonds is 8. The number of esters is 1. The number of amides is 2. The Bertz CT molecular complexity index is 870. The number of benzene rings is 2. The van der Waals surface area contributed by atoms with Gasteiger partial charge in [0.05, 0.1) is 12.5 Å². The summed E-state index contributed by atoms with van der Waals surface area (Å²) in [6.07, 6.45) is 4.30. The van der Waals surface area contributed by atoms with Crippen molar-refractivity contribution < 1.29 is 19.1 Å². The van der Waals surface area contributed by atoms with Crippen LogP contribution >= 0.6 is 0 Å². The van der Waals surface area contributed by atoms with Gasteiger partial charge >= 0.3 is 5.97 Å². The Hall–Kier alpha value is -3.15. The molecule has 0 heterocycles. The standard InChI is InChI=1S/C25H30N2O4/c1-18-10-8-9-15-21(18)26-23(28)17-31-24(29)16-22(19-11-4-2-5-12-19)27-25(30)20-13-6-3-7-14-20/h2-7,11-14,18,21-22H,8-10,15-17H2,1H3,(H,26,28)(H,27,30). The second kappa shape index (κ2) is 11.3. The van der Waals surface area contributed by atoms with Crippen molar-refractivity contribution in [3.63, 3.8) is 0 Å². The van der Waals surface area contributed by atoms with Crippen molar-refractivity contribution in [1.82, 2.24) is 10.6 Å². The molecule has 1 aliphatic rings. The summed E-state index contributed by atoms with van der Waals surface area (Å²) in [6.45, 7) is 1.83. The lowest BCUT2D eigenvalue weighted by atomic mass is 9.86. The van der Waals surface area contributed by atoms with Crippen LogP contribution in [0.4, 0.5) is 0 Å². The van der Waals surface area contributed by atoms with Crippen LogP contribution in [0.5, 0.6) is 0 Å². The molecule has 1 saturated carbocycles. The monoisotopic (exact) mass is 422 g/mol. The van der Waals surface area contributed by atoms with Crippen LogP contribution in [-0.4, -0.2) is 30.4 Å². The molecule has 6 heteroatoms. The summed E-state index contributed by atoms with van der Waals surface area (Å²) >= 11 is 0. The molecular formula is C25H30N2O4. The Kier molecular flexibility index (Phi) is 8.21. The Balaban J connectivity index is 1.55. The Morgan fingerprint density at radius 2 is 1.61 bits per heavy atom. The maximum atomic E-state index is 12.6. The number of ether oxygens (including phenoxy) is 1. The number of hydrogen-bond donors (Lipinski definition) is 2. The normalized spacial score (nSPS) is 19.1. The van der Waals surface area contributed by atoms with E-state index >= 15 is 0 Å². The molecule has 0 spiro atoms. The summed E-state index contributed by atoms with van der Waals surface area (Å²) in [4.78, 5) is 37.3. The number of carbonyl (C=O) groups is 3. The fourth-order valence-electron chi connectivity index (χ4n) is 3.92. The smallest absolute Gasteiger partial charge is 0.308 e. The predicted octanol–water partition coefficient (Wildman–Crippen LogP) is 3.79. The van der Waals surface area contributed by atoms with Crippen LogP contribution in [0.25, 0.3) is 0 Å². The summed E-state index contributed by atoms with van der Waals surface area (Å²) in [5.74, 6) is -0.652. The van der Waals surface area contributed by atoms with Gasteiger partial charge in [0.25, 0.3) is 11.8 Å². The number of nitrogens with one attached hydrogen (secondary N) is 2. The first-order valence-corrected chi connectivity index (χ1v) is 10.9. The lowest BCUT2D eigenvalue weighted by Crippen LogP contribution is -2.43. The molecule has 31 heavy (non-hydrogen) atoms. The maximum absolute atomic E-state index is 12.6. The van der Waals surface area contributed by atoms with Gasteiger partial charge in [-0.15, -0.1) is 0 Å². The van der Waals surface area contributed by atoms with Crippen LogP contribution in [-0.2, 0) is 14.3 Å². The molecule has 3 atom stereocenters. The highest BCUT2D eigenvalue weighted by molar-refractivity contribution is 5.94. The van der Waals surface area contributed by atoms with Crippen LogP contribution in [0.15, 0.2) is 60.7 Å². The highest BCUT2D eigenvalue weighted by Crippen LogP contribution is 2.23. The molecule has 2 aromatic rings.